The van der Waals surface area contributed by atoms with E-state index < -0.39 is 0 Å². The van der Waals surface area contributed by atoms with Gasteiger partial charge in [-0.05, 0) is 64.8 Å². The summed E-state index contributed by atoms with van der Waals surface area (Å²) >= 11 is 5.28. The van der Waals surface area contributed by atoms with Crippen LogP contribution in [0.3, 0.4) is 0 Å². The van der Waals surface area contributed by atoms with Crippen molar-refractivity contribution in [2.24, 2.45) is 0 Å². The van der Waals surface area contributed by atoms with E-state index in [0.717, 1.165) is 23.3 Å². The van der Waals surface area contributed by atoms with Gasteiger partial charge in [-0.25, -0.2) is 4.98 Å². The second-order valence-electron chi connectivity index (χ2n) is 4.49. The van der Waals surface area contributed by atoms with Gasteiger partial charge in [-0.3, -0.25) is 0 Å². The highest BCUT2D eigenvalue weighted by Gasteiger charge is 2.08. The molecule has 2 nitrogen and oxygen atoms in total. The Kier molecular flexibility index (Phi) is 4.40. The zero-order chi connectivity index (χ0) is 13.1. The van der Waals surface area contributed by atoms with E-state index in [1.807, 2.05) is 17.5 Å². The van der Waals surface area contributed by atoms with Crippen LogP contribution in [0.4, 0.5) is 5.82 Å². The molecule has 96 valence electrons. The van der Waals surface area contributed by atoms with E-state index in [-0.39, 0.29) is 0 Å². The van der Waals surface area contributed by atoms with Gasteiger partial charge in [-0.15, -0.1) is 11.3 Å². The van der Waals surface area contributed by atoms with E-state index >= 15 is 0 Å². The van der Waals surface area contributed by atoms with Crippen LogP contribution in [-0.2, 0) is 6.42 Å². The molecule has 0 saturated carbocycles. The molecule has 2 aromatic heterocycles. The van der Waals surface area contributed by atoms with Gasteiger partial charge in [0, 0.05) is 29.1 Å². The van der Waals surface area contributed by atoms with Crippen molar-refractivity contribution in [3.63, 3.8) is 0 Å². The molecule has 4 heteroatoms. The van der Waals surface area contributed by atoms with Crippen LogP contribution < -0.4 is 4.90 Å². The number of aryl methyl sites for hydroxylation is 2. The molecule has 0 bridgehead atoms. The number of likely N-dealkylation sites (N-methyl/N-ethyl adjacent to an activating group) is 1. The summed E-state index contributed by atoms with van der Waals surface area (Å²) in [6, 6.07) is 4.29. The minimum absolute atomic E-state index is 0.997. The summed E-state index contributed by atoms with van der Waals surface area (Å²) in [6.45, 7) is 5.27. The fourth-order valence-electron chi connectivity index (χ4n) is 1.97. The lowest BCUT2D eigenvalue weighted by molar-refractivity contribution is 0.860. The molecule has 0 amide bonds. The zero-order valence-electron chi connectivity index (χ0n) is 10.9. The third kappa shape index (κ3) is 3.12. The Bertz CT molecular complexity index is 536. The minimum Gasteiger partial charge on any atom is -0.359 e. The summed E-state index contributed by atoms with van der Waals surface area (Å²) in [7, 11) is 2.10. The number of rotatable bonds is 4. The molecule has 0 unspecified atom stereocenters. The van der Waals surface area contributed by atoms with Gasteiger partial charge in [0.1, 0.15) is 5.82 Å². The van der Waals surface area contributed by atoms with Crippen molar-refractivity contribution in [1.82, 2.24) is 4.98 Å². The van der Waals surface area contributed by atoms with Crippen molar-refractivity contribution in [3.8, 4) is 0 Å². The average molecular weight is 325 g/mol. The molecule has 0 spiro atoms. The Balaban J connectivity index is 2.03. The van der Waals surface area contributed by atoms with Crippen molar-refractivity contribution in [2.45, 2.75) is 20.3 Å². The SMILES string of the molecule is Cc1cc(Br)cnc1N(C)CCc1sccc1C. The molecule has 0 saturated heterocycles. The molecule has 0 fully saturated rings. The molecular weight excluding hydrogens is 308 g/mol. The highest BCUT2D eigenvalue weighted by atomic mass is 79.9. The number of aromatic nitrogens is 1. The Morgan fingerprint density at radius 1 is 1.33 bits per heavy atom. The van der Waals surface area contributed by atoms with Crippen LogP contribution in [0.1, 0.15) is 16.0 Å². The summed E-state index contributed by atoms with van der Waals surface area (Å²) < 4.78 is 1.03. The molecule has 2 aromatic rings. The van der Waals surface area contributed by atoms with E-state index in [9.17, 15) is 0 Å². The summed E-state index contributed by atoms with van der Waals surface area (Å²) in [6.07, 6.45) is 2.94. The fraction of sp³-hybridized carbons (Fsp3) is 0.357. The van der Waals surface area contributed by atoms with Gasteiger partial charge in [0.05, 0.1) is 0 Å². The van der Waals surface area contributed by atoms with E-state index in [0.29, 0.717) is 0 Å². The van der Waals surface area contributed by atoms with Crippen LogP contribution >= 0.6 is 27.3 Å². The second-order valence-corrected chi connectivity index (χ2v) is 6.41. The fourth-order valence-corrected chi connectivity index (χ4v) is 3.31. The number of thiophene rings is 1. The molecule has 0 N–H and O–H groups in total. The highest BCUT2D eigenvalue weighted by Crippen LogP contribution is 2.21. The summed E-state index contributed by atoms with van der Waals surface area (Å²) in [4.78, 5) is 8.17. The van der Waals surface area contributed by atoms with Crippen LogP contribution in [0.5, 0.6) is 0 Å². The van der Waals surface area contributed by atoms with Gasteiger partial charge >= 0.3 is 0 Å². The Labute approximate surface area is 121 Å². The normalized spacial score (nSPS) is 10.7. The molecular formula is C14H17BrN2S. The van der Waals surface area contributed by atoms with E-state index in [2.05, 4.69) is 64.2 Å². The first kappa shape index (κ1) is 13.6. The number of hydrogen-bond acceptors (Lipinski definition) is 3. The van der Waals surface area contributed by atoms with Crippen molar-refractivity contribution in [2.75, 3.05) is 18.5 Å². The largest absolute Gasteiger partial charge is 0.359 e. The van der Waals surface area contributed by atoms with E-state index in [1.165, 1.54) is 16.0 Å². The van der Waals surface area contributed by atoms with Crippen molar-refractivity contribution in [1.29, 1.82) is 0 Å². The quantitative estimate of drug-likeness (QED) is 0.837. The van der Waals surface area contributed by atoms with Gasteiger partial charge < -0.3 is 4.90 Å². The molecule has 0 atom stereocenters. The van der Waals surface area contributed by atoms with Crippen molar-refractivity contribution in [3.05, 3.63) is 44.2 Å². The van der Waals surface area contributed by atoms with Gasteiger partial charge in [0.15, 0.2) is 0 Å². The highest BCUT2D eigenvalue weighted by molar-refractivity contribution is 9.10. The van der Waals surface area contributed by atoms with Crippen LogP contribution in [0, 0.1) is 13.8 Å². The molecule has 0 radical (unpaired) electrons. The molecule has 0 aliphatic rings. The second kappa shape index (κ2) is 5.85. The molecule has 18 heavy (non-hydrogen) atoms. The molecule has 2 rings (SSSR count). The van der Waals surface area contributed by atoms with Gasteiger partial charge in [0.25, 0.3) is 0 Å². The van der Waals surface area contributed by atoms with Crippen LogP contribution in [-0.4, -0.2) is 18.6 Å². The van der Waals surface area contributed by atoms with Gasteiger partial charge in [0.2, 0.25) is 0 Å². The Morgan fingerprint density at radius 3 is 2.72 bits per heavy atom. The summed E-state index contributed by atoms with van der Waals surface area (Å²) in [5.41, 5.74) is 2.60. The minimum atomic E-state index is 0.997. The number of halogens is 1. The number of hydrogen-bond donors (Lipinski definition) is 0. The topological polar surface area (TPSA) is 16.1 Å². The van der Waals surface area contributed by atoms with Crippen LogP contribution in [0.2, 0.25) is 0 Å². The first-order valence-electron chi connectivity index (χ1n) is 5.94. The standard InChI is InChI=1S/C14H17BrN2S/c1-10-5-7-18-13(10)4-6-17(3)14-11(2)8-12(15)9-16-14/h5,7-9H,4,6H2,1-3H3. The zero-order valence-corrected chi connectivity index (χ0v) is 13.3. The number of nitrogens with zero attached hydrogens (tertiary/aromatic N) is 2. The van der Waals surface area contributed by atoms with Gasteiger partial charge in [-0.1, -0.05) is 0 Å². The maximum absolute atomic E-state index is 4.48. The first-order chi connectivity index (χ1) is 8.58. The average Bonchev–Trinajstić information content (AvgIpc) is 2.72. The maximum atomic E-state index is 4.48. The van der Waals surface area contributed by atoms with Crippen molar-refractivity contribution >= 4 is 33.1 Å². The van der Waals surface area contributed by atoms with E-state index in [4.69, 9.17) is 0 Å². The number of pyridine rings is 1. The third-order valence-electron chi connectivity index (χ3n) is 3.02. The molecule has 0 aliphatic carbocycles. The summed E-state index contributed by atoms with van der Waals surface area (Å²) in [5.74, 6) is 1.06. The predicted molar refractivity (Wildman–Crippen MR) is 82.7 cm³/mol. The van der Waals surface area contributed by atoms with E-state index in [1.54, 1.807) is 0 Å². The molecule has 0 aliphatic heterocycles. The van der Waals surface area contributed by atoms with Crippen LogP contribution in [0.15, 0.2) is 28.2 Å². The van der Waals surface area contributed by atoms with Crippen molar-refractivity contribution < 1.29 is 0 Å². The first-order valence-corrected chi connectivity index (χ1v) is 7.61. The Morgan fingerprint density at radius 2 is 2.11 bits per heavy atom. The molecule has 0 aromatic carbocycles. The lowest BCUT2D eigenvalue weighted by Crippen LogP contribution is -2.22. The van der Waals surface area contributed by atoms with Crippen LogP contribution in [0.25, 0.3) is 0 Å². The monoisotopic (exact) mass is 324 g/mol. The maximum Gasteiger partial charge on any atom is 0.131 e. The lowest BCUT2D eigenvalue weighted by Gasteiger charge is -2.20. The lowest BCUT2D eigenvalue weighted by atomic mass is 10.2. The predicted octanol–water partition coefficient (Wildman–Crippen LogP) is 4.20. The molecule has 2 heterocycles. The Hall–Kier alpha value is -0.870. The number of anilines is 1. The van der Waals surface area contributed by atoms with Gasteiger partial charge in [-0.2, -0.15) is 0 Å². The summed E-state index contributed by atoms with van der Waals surface area (Å²) in [5, 5.41) is 2.16. The smallest absolute Gasteiger partial charge is 0.131 e. The third-order valence-corrected chi connectivity index (χ3v) is 4.54.